The number of halogens is 1. The summed E-state index contributed by atoms with van der Waals surface area (Å²) in [5, 5.41) is 0.704. The van der Waals surface area contributed by atoms with E-state index >= 15 is 0 Å². The van der Waals surface area contributed by atoms with E-state index in [1.54, 1.807) is 6.07 Å². The number of rotatable bonds is 3. The lowest BCUT2D eigenvalue weighted by Gasteiger charge is -2.14. The van der Waals surface area contributed by atoms with E-state index in [4.69, 9.17) is 16.3 Å². The van der Waals surface area contributed by atoms with Crippen molar-refractivity contribution in [1.82, 2.24) is 0 Å². The van der Waals surface area contributed by atoms with Crippen LogP contribution in [0.1, 0.15) is 27.0 Å². The number of hydrogen-bond acceptors (Lipinski definition) is 2. The minimum Gasteiger partial charge on any atom is -0.457 e. The quantitative estimate of drug-likeness (QED) is 0.747. The molecule has 0 heterocycles. The second-order valence-electron chi connectivity index (χ2n) is 4.61. The molecular formula is C16H15ClO2. The molecule has 2 aromatic carbocycles. The molecule has 0 aromatic heterocycles. The molecular weight excluding hydrogens is 260 g/mol. The third-order valence-electron chi connectivity index (χ3n) is 2.97. The van der Waals surface area contributed by atoms with Gasteiger partial charge in [0.25, 0.3) is 0 Å². The van der Waals surface area contributed by atoms with Crippen LogP contribution < -0.4 is 4.74 Å². The van der Waals surface area contributed by atoms with Crippen LogP contribution in [-0.2, 0) is 0 Å². The molecule has 0 amide bonds. The van der Waals surface area contributed by atoms with Gasteiger partial charge in [0.2, 0.25) is 0 Å². The van der Waals surface area contributed by atoms with Crippen molar-refractivity contribution in [1.29, 1.82) is 0 Å². The Balaban J connectivity index is 2.39. The van der Waals surface area contributed by atoms with Gasteiger partial charge in [0.05, 0.1) is 0 Å². The van der Waals surface area contributed by atoms with Crippen molar-refractivity contribution in [3.8, 4) is 11.5 Å². The Labute approximate surface area is 118 Å². The fourth-order valence-corrected chi connectivity index (χ4v) is 2.36. The first-order valence-corrected chi connectivity index (χ1v) is 6.39. The molecule has 0 atom stereocenters. The summed E-state index contributed by atoms with van der Waals surface area (Å²) in [7, 11) is 0. The van der Waals surface area contributed by atoms with Crippen LogP contribution in [0.25, 0.3) is 0 Å². The predicted octanol–water partition coefficient (Wildman–Crippen LogP) is 4.87. The van der Waals surface area contributed by atoms with Gasteiger partial charge in [-0.1, -0.05) is 11.6 Å². The van der Waals surface area contributed by atoms with Crippen LogP contribution in [-0.4, -0.2) is 6.29 Å². The molecule has 0 radical (unpaired) electrons. The molecule has 0 unspecified atom stereocenters. The van der Waals surface area contributed by atoms with Crippen molar-refractivity contribution >= 4 is 17.9 Å². The third-order valence-corrected chi connectivity index (χ3v) is 3.19. The molecule has 0 fully saturated rings. The number of ether oxygens (including phenoxy) is 1. The van der Waals surface area contributed by atoms with Crippen LogP contribution >= 0.6 is 11.6 Å². The fraction of sp³-hybridized carbons (Fsp3) is 0.188. The van der Waals surface area contributed by atoms with Gasteiger partial charge in [0.15, 0.2) is 0 Å². The van der Waals surface area contributed by atoms with Crippen molar-refractivity contribution in [2.24, 2.45) is 0 Å². The highest BCUT2D eigenvalue weighted by Crippen LogP contribution is 2.32. The van der Waals surface area contributed by atoms with E-state index in [9.17, 15) is 4.79 Å². The Morgan fingerprint density at radius 1 is 1.00 bits per heavy atom. The zero-order valence-electron chi connectivity index (χ0n) is 11.2. The second kappa shape index (κ2) is 5.45. The van der Waals surface area contributed by atoms with Crippen LogP contribution in [0, 0.1) is 20.8 Å². The summed E-state index contributed by atoms with van der Waals surface area (Å²) >= 11 is 6.00. The Morgan fingerprint density at radius 2 is 1.63 bits per heavy atom. The largest absolute Gasteiger partial charge is 0.457 e. The first-order chi connectivity index (χ1) is 9.01. The summed E-state index contributed by atoms with van der Waals surface area (Å²) in [6.45, 7) is 5.84. The molecule has 0 aliphatic heterocycles. The molecule has 0 aliphatic rings. The van der Waals surface area contributed by atoms with Gasteiger partial charge in [-0.15, -0.1) is 0 Å². The standard InChI is InChI=1S/C16H15ClO2/c1-10-6-13(9-18)4-5-15(10)19-16-11(2)7-14(17)8-12(16)3/h4-9H,1-3H3. The molecule has 2 nitrogen and oxygen atoms in total. The molecule has 19 heavy (non-hydrogen) atoms. The van der Waals surface area contributed by atoms with Crippen molar-refractivity contribution in [2.75, 3.05) is 0 Å². The molecule has 0 spiro atoms. The van der Waals surface area contributed by atoms with Crippen LogP contribution in [0.3, 0.4) is 0 Å². The van der Waals surface area contributed by atoms with Gasteiger partial charge in [-0.3, -0.25) is 4.79 Å². The lowest BCUT2D eigenvalue weighted by molar-refractivity contribution is 0.112. The van der Waals surface area contributed by atoms with Crippen molar-refractivity contribution in [3.63, 3.8) is 0 Å². The molecule has 98 valence electrons. The van der Waals surface area contributed by atoms with E-state index in [-0.39, 0.29) is 0 Å². The number of aldehydes is 1. The topological polar surface area (TPSA) is 26.3 Å². The summed E-state index contributed by atoms with van der Waals surface area (Å²) in [6.07, 6.45) is 0.829. The molecule has 0 saturated carbocycles. The Bertz CT molecular complexity index is 610. The average molecular weight is 275 g/mol. The van der Waals surface area contributed by atoms with Gasteiger partial charge in [-0.05, 0) is 67.8 Å². The van der Waals surface area contributed by atoms with Crippen molar-refractivity contribution in [2.45, 2.75) is 20.8 Å². The molecule has 0 N–H and O–H groups in total. The molecule has 0 aliphatic carbocycles. The highest BCUT2D eigenvalue weighted by molar-refractivity contribution is 6.30. The van der Waals surface area contributed by atoms with Crippen LogP contribution in [0.5, 0.6) is 11.5 Å². The summed E-state index contributed by atoms with van der Waals surface area (Å²) in [4.78, 5) is 10.7. The summed E-state index contributed by atoms with van der Waals surface area (Å²) in [6, 6.07) is 9.11. The summed E-state index contributed by atoms with van der Waals surface area (Å²) < 4.78 is 5.95. The maximum atomic E-state index is 10.7. The number of benzene rings is 2. The molecule has 2 rings (SSSR count). The van der Waals surface area contributed by atoms with Gasteiger partial charge in [0, 0.05) is 10.6 Å². The van der Waals surface area contributed by atoms with Gasteiger partial charge in [-0.2, -0.15) is 0 Å². The zero-order chi connectivity index (χ0) is 14.0. The second-order valence-corrected chi connectivity index (χ2v) is 5.05. The Hall–Kier alpha value is -1.80. The van der Waals surface area contributed by atoms with Crippen LogP contribution in [0.2, 0.25) is 5.02 Å². The highest BCUT2D eigenvalue weighted by atomic mass is 35.5. The van der Waals surface area contributed by atoms with Gasteiger partial charge in [-0.25, -0.2) is 0 Å². The number of carbonyl (C=O) groups is 1. The number of aryl methyl sites for hydroxylation is 3. The van der Waals surface area contributed by atoms with E-state index in [0.29, 0.717) is 10.6 Å². The smallest absolute Gasteiger partial charge is 0.150 e. The third kappa shape index (κ3) is 2.96. The summed E-state index contributed by atoms with van der Waals surface area (Å²) in [5.41, 5.74) is 3.56. The number of carbonyl (C=O) groups excluding carboxylic acids is 1. The average Bonchev–Trinajstić information content (AvgIpc) is 2.35. The lowest BCUT2D eigenvalue weighted by Crippen LogP contribution is -1.94. The molecule has 2 aromatic rings. The van der Waals surface area contributed by atoms with E-state index in [1.165, 1.54) is 0 Å². The molecule has 3 heteroatoms. The Kier molecular flexibility index (Phi) is 3.91. The first-order valence-electron chi connectivity index (χ1n) is 6.01. The minimum atomic E-state index is 0.648. The van der Waals surface area contributed by atoms with E-state index in [1.807, 2.05) is 45.0 Å². The minimum absolute atomic E-state index is 0.648. The van der Waals surface area contributed by atoms with Crippen LogP contribution in [0.15, 0.2) is 30.3 Å². The van der Waals surface area contributed by atoms with E-state index in [2.05, 4.69) is 0 Å². The summed E-state index contributed by atoms with van der Waals surface area (Å²) in [5.74, 6) is 1.56. The Morgan fingerprint density at radius 3 is 2.16 bits per heavy atom. The van der Waals surface area contributed by atoms with Crippen LogP contribution in [0.4, 0.5) is 0 Å². The maximum Gasteiger partial charge on any atom is 0.150 e. The number of hydrogen-bond donors (Lipinski definition) is 0. The maximum absolute atomic E-state index is 10.7. The highest BCUT2D eigenvalue weighted by Gasteiger charge is 2.09. The monoisotopic (exact) mass is 274 g/mol. The van der Waals surface area contributed by atoms with E-state index < -0.39 is 0 Å². The normalized spacial score (nSPS) is 10.3. The molecule has 0 bridgehead atoms. The van der Waals surface area contributed by atoms with Crippen molar-refractivity contribution in [3.05, 3.63) is 57.6 Å². The zero-order valence-corrected chi connectivity index (χ0v) is 11.9. The predicted molar refractivity (Wildman–Crippen MR) is 77.6 cm³/mol. The first kappa shape index (κ1) is 13.6. The fourth-order valence-electron chi connectivity index (χ4n) is 2.03. The van der Waals surface area contributed by atoms with E-state index in [0.717, 1.165) is 34.5 Å². The lowest BCUT2D eigenvalue weighted by atomic mass is 10.1. The SMILES string of the molecule is Cc1cc(C=O)ccc1Oc1c(C)cc(Cl)cc1C. The molecule has 0 saturated heterocycles. The van der Waals surface area contributed by atoms with Gasteiger partial charge in [0.1, 0.15) is 17.8 Å². The van der Waals surface area contributed by atoms with Crippen molar-refractivity contribution < 1.29 is 9.53 Å². The van der Waals surface area contributed by atoms with Gasteiger partial charge < -0.3 is 4.74 Å². The van der Waals surface area contributed by atoms with Gasteiger partial charge >= 0.3 is 0 Å².